The van der Waals surface area contributed by atoms with E-state index in [9.17, 15) is 9.59 Å². The summed E-state index contributed by atoms with van der Waals surface area (Å²) in [5, 5.41) is 5.22. The van der Waals surface area contributed by atoms with Crippen LogP contribution in [-0.4, -0.2) is 27.9 Å². The highest BCUT2D eigenvalue weighted by atomic mass is 16.2. The molecule has 2 aromatic rings. The molecular weight excluding hydrogens is 304 g/mol. The molecule has 24 heavy (non-hydrogen) atoms. The van der Waals surface area contributed by atoms with Crippen molar-refractivity contribution >= 4 is 17.5 Å². The lowest BCUT2D eigenvalue weighted by Crippen LogP contribution is -2.36. The van der Waals surface area contributed by atoms with Crippen LogP contribution in [0.1, 0.15) is 32.8 Å². The van der Waals surface area contributed by atoms with Crippen molar-refractivity contribution < 1.29 is 9.59 Å². The molecule has 0 aliphatic carbocycles. The van der Waals surface area contributed by atoms with Gasteiger partial charge >= 0.3 is 11.8 Å². The molecule has 6 heteroatoms. The number of nitrogens with zero attached hydrogens (tertiary/aromatic N) is 2. The summed E-state index contributed by atoms with van der Waals surface area (Å²) < 4.78 is 1.92. The molecule has 128 valence electrons. The Bertz CT molecular complexity index is 670. The third-order valence-electron chi connectivity index (χ3n) is 3.65. The van der Waals surface area contributed by atoms with Crippen LogP contribution in [0, 0.1) is 0 Å². The number of hydrogen-bond donors (Lipinski definition) is 2. The lowest BCUT2D eigenvalue weighted by molar-refractivity contribution is -0.136. The summed E-state index contributed by atoms with van der Waals surface area (Å²) in [5.41, 5.74) is 1.83. The third kappa shape index (κ3) is 5.22. The van der Waals surface area contributed by atoms with Crippen molar-refractivity contribution in [2.75, 3.05) is 11.9 Å². The zero-order chi connectivity index (χ0) is 17.6. The van der Waals surface area contributed by atoms with E-state index in [4.69, 9.17) is 0 Å². The van der Waals surface area contributed by atoms with Gasteiger partial charge in [-0.05, 0) is 29.5 Å². The van der Waals surface area contributed by atoms with Crippen LogP contribution in [0.4, 0.5) is 5.69 Å². The summed E-state index contributed by atoms with van der Waals surface area (Å²) in [4.78, 5) is 27.6. The van der Waals surface area contributed by atoms with Crippen LogP contribution >= 0.6 is 0 Å². The van der Waals surface area contributed by atoms with Crippen molar-refractivity contribution in [1.29, 1.82) is 0 Å². The lowest BCUT2D eigenvalue weighted by Gasteiger charge is -2.19. The van der Waals surface area contributed by atoms with Crippen LogP contribution in [0.5, 0.6) is 0 Å². The zero-order valence-electron chi connectivity index (χ0n) is 14.4. The van der Waals surface area contributed by atoms with Crippen molar-refractivity contribution in [3.05, 3.63) is 48.5 Å². The van der Waals surface area contributed by atoms with E-state index in [2.05, 4.69) is 36.4 Å². The number of rotatable bonds is 5. The Balaban J connectivity index is 1.75. The number of anilines is 1. The average molecular weight is 328 g/mol. The first-order valence-electron chi connectivity index (χ1n) is 8.02. The Morgan fingerprint density at radius 2 is 1.83 bits per heavy atom. The predicted octanol–water partition coefficient (Wildman–Crippen LogP) is 2.33. The Kier molecular flexibility index (Phi) is 5.73. The van der Waals surface area contributed by atoms with Crippen molar-refractivity contribution in [3.8, 4) is 0 Å². The maximum atomic E-state index is 11.9. The minimum atomic E-state index is -0.652. The molecule has 0 atom stereocenters. The van der Waals surface area contributed by atoms with Gasteiger partial charge in [-0.15, -0.1) is 0 Å². The largest absolute Gasteiger partial charge is 0.348 e. The van der Waals surface area contributed by atoms with Gasteiger partial charge in [0.1, 0.15) is 0 Å². The van der Waals surface area contributed by atoms with Gasteiger partial charge in [0.25, 0.3) is 0 Å². The van der Waals surface area contributed by atoms with E-state index in [1.165, 1.54) is 5.56 Å². The first kappa shape index (κ1) is 17.7. The Morgan fingerprint density at radius 1 is 1.12 bits per heavy atom. The zero-order valence-corrected chi connectivity index (χ0v) is 14.4. The molecule has 1 heterocycles. The monoisotopic (exact) mass is 328 g/mol. The maximum Gasteiger partial charge on any atom is 0.313 e. The molecule has 0 fully saturated rings. The van der Waals surface area contributed by atoms with Gasteiger partial charge in [-0.25, -0.2) is 4.98 Å². The second-order valence-electron chi connectivity index (χ2n) is 6.69. The summed E-state index contributed by atoms with van der Waals surface area (Å²) in [7, 11) is 0. The Morgan fingerprint density at radius 3 is 2.42 bits per heavy atom. The molecule has 2 rings (SSSR count). The Hall–Kier alpha value is -2.63. The van der Waals surface area contributed by atoms with Gasteiger partial charge < -0.3 is 15.2 Å². The topological polar surface area (TPSA) is 76.0 Å². The molecule has 1 aromatic carbocycles. The molecule has 0 aliphatic rings. The minimum absolute atomic E-state index is 0.0507. The number of benzene rings is 1. The number of aromatic nitrogens is 2. The quantitative estimate of drug-likeness (QED) is 0.653. The fraction of sp³-hybridized carbons (Fsp3) is 0.389. The van der Waals surface area contributed by atoms with E-state index in [0.717, 1.165) is 13.0 Å². The number of nitrogens with one attached hydrogen (secondary N) is 2. The van der Waals surface area contributed by atoms with Gasteiger partial charge in [0.05, 0.1) is 6.33 Å². The summed E-state index contributed by atoms with van der Waals surface area (Å²) in [5.74, 6) is -1.28. The highest BCUT2D eigenvalue weighted by molar-refractivity contribution is 6.39. The number of aryl methyl sites for hydroxylation is 1. The van der Waals surface area contributed by atoms with Crippen LogP contribution in [0.25, 0.3) is 0 Å². The number of amides is 2. The van der Waals surface area contributed by atoms with Crippen molar-refractivity contribution in [2.24, 2.45) is 0 Å². The van der Waals surface area contributed by atoms with E-state index in [-0.39, 0.29) is 5.41 Å². The third-order valence-corrected chi connectivity index (χ3v) is 3.65. The van der Waals surface area contributed by atoms with Gasteiger partial charge in [0, 0.05) is 31.2 Å². The summed E-state index contributed by atoms with van der Waals surface area (Å²) >= 11 is 0. The standard InChI is InChI=1S/C18H24N4O2/c1-18(2,3)14-5-7-15(8-6-14)21-17(24)16(23)20-9-4-11-22-12-10-19-13-22/h5-8,10,12-13H,4,9,11H2,1-3H3,(H,20,23)(H,21,24). The first-order chi connectivity index (χ1) is 11.4. The second kappa shape index (κ2) is 7.77. The molecule has 0 unspecified atom stereocenters. The fourth-order valence-corrected chi connectivity index (χ4v) is 2.20. The first-order valence-corrected chi connectivity index (χ1v) is 8.02. The van der Waals surface area contributed by atoms with Gasteiger partial charge in [0.15, 0.2) is 0 Å². The van der Waals surface area contributed by atoms with Crippen LogP contribution in [0.3, 0.4) is 0 Å². The van der Waals surface area contributed by atoms with Crippen molar-refractivity contribution in [2.45, 2.75) is 39.2 Å². The van der Waals surface area contributed by atoms with Gasteiger partial charge in [-0.1, -0.05) is 32.9 Å². The minimum Gasteiger partial charge on any atom is -0.348 e. The van der Waals surface area contributed by atoms with E-state index >= 15 is 0 Å². The van der Waals surface area contributed by atoms with Crippen molar-refractivity contribution in [3.63, 3.8) is 0 Å². The highest BCUT2D eigenvalue weighted by Gasteiger charge is 2.15. The van der Waals surface area contributed by atoms with Crippen LogP contribution in [0.15, 0.2) is 43.0 Å². The molecule has 2 amide bonds. The fourth-order valence-electron chi connectivity index (χ4n) is 2.20. The van der Waals surface area contributed by atoms with Crippen LogP contribution in [-0.2, 0) is 21.5 Å². The van der Waals surface area contributed by atoms with Crippen LogP contribution < -0.4 is 10.6 Å². The SMILES string of the molecule is CC(C)(C)c1ccc(NC(=O)C(=O)NCCCn2ccnc2)cc1. The molecule has 0 bridgehead atoms. The highest BCUT2D eigenvalue weighted by Crippen LogP contribution is 2.23. The molecule has 0 saturated carbocycles. The molecule has 0 radical (unpaired) electrons. The molecule has 0 aliphatic heterocycles. The van der Waals surface area contributed by atoms with Crippen molar-refractivity contribution in [1.82, 2.24) is 14.9 Å². The number of carbonyl (C=O) groups excluding carboxylic acids is 2. The lowest BCUT2D eigenvalue weighted by atomic mass is 9.87. The molecule has 0 saturated heterocycles. The number of imidazole rings is 1. The van der Waals surface area contributed by atoms with Gasteiger partial charge in [0.2, 0.25) is 0 Å². The molecular formula is C18H24N4O2. The van der Waals surface area contributed by atoms with E-state index in [1.807, 2.05) is 35.0 Å². The van der Waals surface area contributed by atoms with Gasteiger partial charge in [-0.2, -0.15) is 0 Å². The smallest absolute Gasteiger partial charge is 0.313 e. The normalized spacial score (nSPS) is 11.1. The molecule has 2 N–H and O–H groups in total. The number of carbonyl (C=O) groups is 2. The van der Waals surface area contributed by atoms with Crippen LogP contribution in [0.2, 0.25) is 0 Å². The summed E-state index contributed by atoms with van der Waals surface area (Å²) in [6.45, 7) is 7.55. The molecule has 0 spiro atoms. The van der Waals surface area contributed by atoms with E-state index in [1.54, 1.807) is 12.5 Å². The Labute approximate surface area is 142 Å². The number of hydrogen-bond acceptors (Lipinski definition) is 3. The van der Waals surface area contributed by atoms with E-state index < -0.39 is 11.8 Å². The molecule has 6 nitrogen and oxygen atoms in total. The summed E-state index contributed by atoms with van der Waals surface area (Å²) in [6.07, 6.45) is 6.01. The predicted molar refractivity (Wildman–Crippen MR) is 93.6 cm³/mol. The average Bonchev–Trinajstić information content (AvgIpc) is 3.04. The summed E-state index contributed by atoms with van der Waals surface area (Å²) in [6, 6.07) is 7.53. The second-order valence-corrected chi connectivity index (χ2v) is 6.69. The van der Waals surface area contributed by atoms with Gasteiger partial charge in [-0.3, -0.25) is 9.59 Å². The maximum absolute atomic E-state index is 11.9. The van der Waals surface area contributed by atoms with E-state index in [0.29, 0.717) is 12.2 Å². The molecule has 1 aromatic heterocycles.